The Balaban J connectivity index is 2.05. The van der Waals surface area contributed by atoms with E-state index in [1.165, 1.54) is 0 Å². The van der Waals surface area contributed by atoms with Crippen LogP contribution in [0.25, 0.3) is 10.9 Å². The highest BCUT2D eigenvalue weighted by molar-refractivity contribution is 5.82. The van der Waals surface area contributed by atoms with Crippen molar-refractivity contribution in [2.75, 3.05) is 0 Å². The van der Waals surface area contributed by atoms with Gasteiger partial charge in [-0.1, -0.05) is 18.2 Å². The minimum atomic E-state index is -4.05. The number of rotatable bonds is 3. The number of alkyl halides is 3. The Bertz CT molecular complexity index is 470. The predicted molar refractivity (Wildman–Crippen MR) is 57.3 cm³/mol. The first kappa shape index (κ1) is 11.0. The van der Waals surface area contributed by atoms with E-state index in [4.69, 9.17) is 0 Å². The third kappa shape index (κ3) is 2.56. The van der Waals surface area contributed by atoms with Crippen molar-refractivity contribution < 1.29 is 13.2 Å². The monoisotopic (exact) mass is 227 g/mol. The Kier molecular flexibility index (Phi) is 2.90. The zero-order valence-corrected chi connectivity index (χ0v) is 8.64. The zero-order chi connectivity index (χ0) is 11.6. The Labute approximate surface area is 91.3 Å². The van der Waals surface area contributed by atoms with Crippen LogP contribution < -0.4 is 0 Å². The highest BCUT2D eigenvalue weighted by atomic mass is 19.4. The van der Waals surface area contributed by atoms with Crippen molar-refractivity contribution in [1.29, 1.82) is 0 Å². The summed E-state index contributed by atoms with van der Waals surface area (Å²) in [5, 5.41) is 1.02. The summed E-state index contributed by atoms with van der Waals surface area (Å²) in [7, 11) is 0. The molecule has 0 aliphatic rings. The van der Waals surface area contributed by atoms with Crippen molar-refractivity contribution in [1.82, 2.24) is 4.98 Å². The average Bonchev–Trinajstić information content (AvgIpc) is 2.60. The lowest BCUT2D eigenvalue weighted by Gasteiger charge is -2.04. The number of benzene rings is 1. The van der Waals surface area contributed by atoms with Gasteiger partial charge in [0.1, 0.15) is 0 Å². The predicted octanol–water partition coefficient (Wildman–Crippen LogP) is 4.05. The zero-order valence-electron chi connectivity index (χ0n) is 8.64. The number of fused-ring (bicyclic) bond motifs is 1. The van der Waals surface area contributed by atoms with Crippen molar-refractivity contribution in [3.05, 3.63) is 36.0 Å². The molecule has 1 aromatic carbocycles. The highest BCUT2D eigenvalue weighted by Gasteiger charge is 2.26. The molecule has 1 aromatic heterocycles. The van der Waals surface area contributed by atoms with Gasteiger partial charge in [0.25, 0.3) is 0 Å². The molecule has 0 aliphatic heterocycles. The third-order valence-corrected chi connectivity index (χ3v) is 2.58. The minimum absolute atomic E-state index is 0.144. The van der Waals surface area contributed by atoms with E-state index in [1.807, 2.05) is 24.3 Å². The Morgan fingerprint density at radius 1 is 1.12 bits per heavy atom. The maximum Gasteiger partial charge on any atom is 0.389 e. The summed E-state index contributed by atoms with van der Waals surface area (Å²) in [6, 6.07) is 7.64. The van der Waals surface area contributed by atoms with Crippen LogP contribution in [0.1, 0.15) is 18.4 Å². The van der Waals surface area contributed by atoms with Crippen LogP contribution in [0.4, 0.5) is 13.2 Å². The number of nitrogens with one attached hydrogen (secondary N) is 1. The second-order valence-electron chi connectivity index (χ2n) is 3.83. The number of para-hydroxylation sites is 1. The molecule has 0 bridgehead atoms. The Hall–Kier alpha value is -1.45. The van der Waals surface area contributed by atoms with Gasteiger partial charge in [-0.3, -0.25) is 0 Å². The lowest BCUT2D eigenvalue weighted by molar-refractivity contribution is -0.135. The van der Waals surface area contributed by atoms with E-state index in [9.17, 15) is 13.2 Å². The summed E-state index contributed by atoms with van der Waals surface area (Å²) in [6.07, 6.45) is -2.37. The molecule has 1 N–H and O–H groups in total. The highest BCUT2D eigenvalue weighted by Crippen LogP contribution is 2.24. The lowest BCUT2D eigenvalue weighted by Crippen LogP contribution is -2.07. The number of aromatic amines is 1. The largest absolute Gasteiger partial charge is 0.389 e. The summed E-state index contributed by atoms with van der Waals surface area (Å²) >= 11 is 0. The van der Waals surface area contributed by atoms with Crippen LogP contribution in [0.2, 0.25) is 0 Å². The second kappa shape index (κ2) is 4.20. The van der Waals surface area contributed by atoms with Gasteiger partial charge in [0, 0.05) is 23.5 Å². The van der Waals surface area contributed by atoms with Crippen LogP contribution in [-0.4, -0.2) is 11.2 Å². The van der Waals surface area contributed by atoms with Crippen LogP contribution in [-0.2, 0) is 6.42 Å². The van der Waals surface area contributed by atoms with Crippen LogP contribution in [0.3, 0.4) is 0 Å². The third-order valence-electron chi connectivity index (χ3n) is 2.58. The number of H-pyrrole nitrogens is 1. The van der Waals surface area contributed by atoms with Gasteiger partial charge in [0.15, 0.2) is 0 Å². The molecule has 0 radical (unpaired) electrons. The fourth-order valence-electron chi connectivity index (χ4n) is 1.82. The molecule has 86 valence electrons. The molecule has 0 aliphatic carbocycles. The molecule has 4 heteroatoms. The topological polar surface area (TPSA) is 15.8 Å². The van der Waals surface area contributed by atoms with Gasteiger partial charge >= 0.3 is 6.18 Å². The molecule has 0 saturated heterocycles. The molecular weight excluding hydrogens is 215 g/mol. The minimum Gasteiger partial charge on any atom is -0.361 e. The van der Waals surface area contributed by atoms with Gasteiger partial charge in [-0.2, -0.15) is 13.2 Å². The maximum atomic E-state index is 12.0. The van der Waals surface area contributed by atoms with Gasteiger partial charge in [0.2, 0.25) is 0 Å². The van der Waals surface area contributed by atoms with Gasteiger partial charge in [-0.05, 0) is 24.5 Å². The molecule has 0 spiro atoms. The van der Waals surface area contributed by atoms with E-state index >= 15 is 0 Å². The van der Waals surface area contributed by atoms with E-state index in [0.717, 1.165) is 16.5 Å². The second-order valence-corrected chi connectivity index (χ2v) is 3.83. The van der Waals surface area contributed by atoms with E-state index in [-0.39, 0.29) is 6.42 Å². The normalized spacial score (nSPS) is 12.2. The molecule has 0 amide bonds. The number of halogens is 3. The molecular formula is C12H12F3N. The van der Waals surface area contributed by atoms with E-state index < -0.39 is 12.6 Å². The van der Waals surface area contributed by atoms with Crippen molar-refractivity contribution >= 4 is 10.9 Å². The smallest absolute Gasteiger partial charge is 0.361 e. The number of hydrogen-bond donors (Lipinski definition) is 1. The quantitative estimate of drug-likeness (QED) is 0.814. The lowest BCUT2D eigenvalue weighted by atomic mass is 10.1. The van der Waals surface area contributed by atoms with Crippen molar-refractivity contribution in [3.8, 4) is 0 Å². The molecule has 0 fully saturated rings. The first-order valence-corrected chi connectivity index (χ1v) is 5.18. The number of hydrogen-bond acceptors (Lipinski definition) is 0. The van der Waals surface area contributed by atoms with Crippen LogP contribution in [0.5, 0.6) is 0 Å². The van der Waals surface area contributed by atoms with Gasteiger partial charge in [-0.15, -0.1) is 0 Å². The van der Waals surface area contributed by atoms with Crippen molar-refractivity contribution in [2.45, 2.75) is 25.4 Å². The van der Waals surface area contributed by atoms with E-state index in [2.05, 4.69) is 4.98 Å². The summed E-state index contributed by atoms with van der Waals surface area (Å²) in [5.41, 5.74) is 1.93. The fourth-order valence-corrected chi connectivity index (χ4v) is 1.82. The SMILES string of the molecule is FC(F)(F)CCCc1c[nH]c2ccccc12. The van der Waals surface area contributed by atoms with Gasteiger partial charge < -0.3 is 4.98 Å². The van der Waals surface area contributed by atoms with Crippen LogP contribution in [0.15, 0.2) is 30.5 Å². The molecule has 2 rings (SSSR count). The maximum absolute atomic E-state index is 12.0. The van der Waals surface area contributed by atoms with E-state index in [0.29, 0.717) is 6.42 Å². The van der Waals surface area contributed by atoms with Crippen molar-refractivity contribution in [2.24, 2.45) is 0 Å². The van der Waals surface area contributed by atoms with Crippen molar-refractivity contribution in [3.63, 3.8) is 0 Å². The molecule has 16 heavy (non-hydrogen) atoms. The molecule has 0 unspecified atom stereocenters. The molecule has 0 saturated carbocycles. The first-order valence-electron chi connectivity index (χ1n) is 5.18. The Morgan fingerprint density at radius 3 is 2.62 bits per heavy atom. The summed E-state index contributed by atoms with van der Waals surface area (Å²) in [6.45, 7) is 0. The summed E-state index contributed by atoms with van der Waals surface area (Å²) in [4.78, 5) is 3.05. The number of aromatic nitrogens is 1. The van der Waals surface area contributed by atoms with Crippen LogP contribution in [0, 0.1) is 0 Å². The van der Waals surface area contributed by atoms with Gasteiger partial charge in [0.05, 0.1) is 0 Å². The molecule has 2 aromatic rings. The average molecular weight is 227 g/mol. The summed E-state index contributed by atoms with van der Waals surface area (Å²) in [5.74, 6) is 0. The van der Waals surface area contributed by atoms with Crippen LogP contribution >= 0.6 is 0 Å². The summed E-state index contributed by atoms with van der Waals surface area (Å²) < 4.78 is 36.0. The molecule has 1 heterocycles. The molecule has 0 atom stereocenters. The van der Waals surface area contributed by atoms with E-state index in [1.54, 1.807) is 6.20 Å². The molecule has 1 nitrogen and oxygen atoms in total. The fraction of sp³-hybridized carbons (Fsp3) is 0.333. The number of aryl methyl sites for hydroxylation is 1. The first-order chi connectivity index (χ1) is 7.56. The van der Waals surface area contributed by atoms with Gasteiger partial charge in [-0.25, -0.2) is 0 Å². The standard InChI is InChI=1S/C12H12F3N/c13-12(14,15)7-3-4-9-8-16-11-6-2-1-5-10(9)11/h1-2,5-6,8,16H,3-4,7H2. The Morgan fingerprint density at radius 2 is 1.88 bits per heavy atom.